The lowest BCUT2D eigenvalue weighted by atomic mass is 9.84. The third kappa shape index (κ3) is 2.75. The fourth-order valence-corrected chi connectivity index (χ4v) is 3.99. The molecule has 5 rings (SSSR count). The number of phenolic OH excluding ortho intramolecular Hbond substituents is 1. The summed E-state index contributed by atoms with van der Waals surface area (Å²) >= 11 is 0. The van der Waals surface area contributed by atoms with Crippen LogP contribution in [-0.2, 0) is 0 Å². The van der Waals surface area contributed by atoms with Crippen LogP contribution in [0.3, 0.4) is 0 Å². The van der Waals surface area contributed by atoms with Crippen molar-refractivity contribution < 1.29 is 9.50 Å². The Morgan fingerprint density at radius 2 is 2.07 bits per heavy atom. The van der Waals surface area contributed by atoms with Crippen LogP contribution in [-0.4, -0.2) is 43.5 Å². The molecule has 0 spiro atoms. The molecule has 0 amide bonds. The largest absolute Gasteiger partial charge is 0.507 e. The molecule has 2 aromatic heterocycles. The van der Waals surface area contributed by atoms with Crippen LogP contribution >= 0.6 is 0 Å². The van der Waals surface area contributed by atoms with E-state index >= 15 is 0 Å². The number of hydrogen-bond acceptors (Lipinski definition) is 6. The van der Waals surface area contributed by atoms with Gasteiger partial charge in [0, 0.05) is 35.3 Å². The van der Waals surface area contributed by atoms with Crippen LogP contribution in [0, 0.1) is 5.92 Å². The van der Waals surface area contributed by atoms with E-state index in [0.29, 0.717) is 29.1 Å². The number of pyridine rings is 1. The second-order valence-electron chi connectivity index (χ2n) is 7.25. The average molecular weight is 375 g/mol. The molecule has 4 atom stereocenters. The van der Waals surface area contributed by atoms with Crippen molar-refractivity contribution in [1.29, 1.82) is 0 Å². The van der Waals surface area contributed by atoms with Crippen molar-refractivity contribution >= 4 is 16.3 Å². The number of aromatic nitrogens is 4. The van der Waals surface area contributed by atoms with Crippen molar-refractivity contribution in [2.75, 3.05) is 0 Å². The lowest BCUT2D eigenvalue weighted by Gasteiger charge is -2.33. The second-order valence-corrected chi connectivity index (χ2v) is 7.25. The van der Waals surface area contributed by atoms with E-state index in [4.69, 9.17) is 0 Å². The first-order valence-corrected chi connectivity index (χ1v) is 9.14. The lowest BCUT2D eigenvalue weighted by molar-refractivity contribution is 0.178. The Morgan fingerprint density at radius 3 is 2.89 bits per heavy atom. The summed E-state index contributed by atoms with van der Waals surface area (Å²) in [4.78, 5) is 8.40. The number of allylic oxidation sites excluding steroid dienone is 1. The first kappa shape index (κ1) is 16.9. The molecule has 2 N–H and O–H groups in total. The van der Waals surface area contributed by atoms with E-state index in [0.717, 1.165) is 10.8 Å². The molecule has 0 aliphatic carbocycles. The molecule has 3 aromatic rings. The van der Waals surface area contributed by atoms with Crippen molar-refractivity contribution in [2.24, 2.45) is 5.92 Å². The Labute approximate surface area is 160 Å². The molecule has 0 radical (unpaired) electrons. The zero-order chi connectivity index (χ0) is 19.3. The number of nitrogens with one attached hydrogen (secondary N) is 1. The molecule has 1 saturated heterocycles. The summed E-state index contributed by atoms with van der Waals surface area (Å²) < 4.78 is 14.7. The SMILES string of the molecule is C=C(c1ncc(-c2cc3ccncc3cc2O)nn1)[C@H]1CC2C=CC(N2)[C@@H]1F. The number of phenols is 1. The number of halogens is 1. The van der Waals surface area contributed by atoms with Gasteiger partial charge in [0.05, 0.1) is 12.2 Å². The van der Waals surface area contributed by atoms with E-state index in [-0.39, 0.29) is 23.8 Å². The number of piperidine rings is 1. The number of aromatic hydroxyl groups is 1. The summed E-state index contributed by atoms with van der Waals surface area (Å²) in [5, 5.41) is 23.7. The monoisotopic (exact) mass is 375 g/mol. The van der Waals surface area contributed by atoms with Gasteiger partial charge in [-0.15, -0.1) is 10.2 Å². The summed E-state index contributed by atoms with van der Waals surface area (Å²) in [6.07, 6.45) is 8.35. The van der Waals surface area contributed by atoms with E-state index in [1.165, 1.54) is 6.20 Å². The van der Waals surface area contributed by atoms with Gasteiger partial charge >= 0.3 is 0 Å². The van der Waals surface area contributed by atoms with Crippen molar-refractivity contribution in [1.82, 2.24) is 25.5 Å². The maximum atomic E-state index is 14.7. The minimum atomic E-state index is -1.07. The predicted octanol–water partition coefficient (Wildman–Crippen LogP) is 3.06. The number of benzene rings is 1. The minimum Gasteiger partial charge on any atom is -0.507 e. The highest BCUT2D eigenvalue weighted by atomic mass is 19.1. The summed E-state index contributed by atoms with van der Waals surface area (Å²) in [7, 11) is 0. The molecule has 7 heteroatoms. The van der Waals surface area contributed by atoms with Crippen molar-refractivity contribution in [3.63, 3.8) is 0 Å². The number of hydrogen-bond donors (Lipinski definition) is 2. The maximum absolute atomic E-state index is 14.7. The van der Waals surface area contributed by atoms with Crippen LogP contribution in [0.25, 0.3) is 27.6 Å². The molecular formula is C21H18FN5O. The summed E-state index contributed by atoms with van der Waals surface area (Å²) in [6, 6.07) is 5.19. The normalized spacial score (nSPS) is 25.9. The molecule has 1 aromatic carbocycles. The van der Waals surface area contributed by atoms with Gasteiger partial charge in [-0.3, -0.25) is 4.98 Å². The highest BCUT2D eigenvalue weighted by molar-refractivity contribution is 5.89. The van der Waals surface area contributed by atoms with Gasteiger partial charge in [-0.1, -0.05) is 18.7 Å². The Kier molecular flexibility index (Phi) is 3.91. The predicted molar refractivity (Wildman–Crippen MR) is 104 cm³/mol. The highest BCUT2D eigenvalue weighted by Gasteiger charge is 2.40. The van der Waals surface area contributed by atoms with E-state index < -0.39 is 6.17 Å². The maximum Gasteiger partial charge on any atom is 0.177 e. The summed E-state index contributed by atoms with van der Waals surface area (Å²) in [5.41, 5.74) is 1.53. The van der Waals surface area contributed by atoms with E-state index in [1.807, 2.05) is 24.3 Å². The van der Waals surface area contributed by atoms with Gasteiger partial charge in [-0.2, -0.15) is 0 Å². The zero-order valence-corrected chi connectivity index (χ0v) is 15.0. The fourth-order valence-electron chi connectivity index (χ4n) is 3.99. The Morgan fingerprint density at radius 1 is 1.18 bits per heavy atom. The van der Waals surface area contributed by atoms with Gasteiger partial charge in [-0.05, 0) is 35.6 Å². The van der Waals surface area contributed by atoms with E-state index in [9.17, 15) is 9.50 Å². The standard InChI is InChI=1S/C21H18FN5O/c1-11(15-8-14-2-3-17(25-14)20(15)22)21-24-10-18(26-27-21)16-6-12-4-5-23-9-13(12)7-19(16)28/h2-7,9-10,14-15,17,20,25,28H,1,8H2/t14?,15-,17?,20-/m1/s1. The molecule has 28 heavy (non-hydrogen) atoms. The molecule has 4 heterocycles. The lowest BCUT2D eigenvalue weighted by Crippen LogP contribution is -2.47. The van der Waals surface area contributed by atoms with Gasteiger partial charge in [-0.25, -0.2) is 9.37 Å². The molecule has 6 nitrogen and oxygen atoms in total. The third-order valence-electron chi connectivity index (χ3n) is 5.52. The van der Waals surface area contributed by atoms with E-state index in [2.05, 4.69) is 32.1 Å². The van der Waals surface area contributed by atoms with Crippen LogP contribution < -0.4 is 5.32 Å². The quantitative estimate of drug-likeness (QED) is 0.685. The number of fused-ring (bicyclic) bond motifs is 3. The molecule has 1 fully saturated rings. The van der Waals surface area contributed by atoms with Crippen LogP contribution in [0.15, 0.2) is 55.5 Å². The Bertz CT molecular complexity index is 1100. The molecule has 2 unspecified atom stereocenters. The second kappa shape index (κ2) is 6.45. The first-order chi connectivity index (χ1) is 13.6. The van der Waals surface area contributed by atoms with Gasteiger partial charge in [0.1, 0.15) is 17.6 Å². The van der Waals surface area contributed by atoms with Gasteiger partial charge in [0.15, 0.2) is 5.82 Å². The van der Waals surface area contributed by atoms with Gasteiger partial charge in [0.2, 0.25) is 0 Å². The molecule has 2 aliphatic heterocycles. The van der Waals surface area contributed by atoms with Gasteiger partial charge in [0.25, 0.3) is 0 Å². The van der Waals surface area contributed by atoms with Gasteiger partial charge < -0.3 is 10.4 Å². The Hall–Kier alpha value is -3.19. The fraction of sp³-hybridized carbons (Fsp3) is 0.238. The zero-order valence-electron chi connectivity index (χ0n) is 15.0. The average Bonchev–Trinajstić information content (AvgIpc) is 3.13. The topological polar surface area (TPSA) is 83.8 Å². The Balaban J connectivity index is 1.43. The van der Waals surface area contributed by atoms with Crippen molar-refractivity contribution in [3.05, 3.63) is 61.3 Å². The van der Waals surface area contributed by atoms with Crippen molar-refractivity contribution in [2.45, 2.75) is 24.7 Å². The van der Waals surface area contributed by atoms with Crippen LogP contribution in [0.4, 0.5) is 4.39 Å². The van der Waals surface area contributed by atoms with Crippen LogP contribution in [0.2, 0.25) is 0 Å². The van der Waals surface area contributed by atoms with Crippen molar-refractivity contribution in [3.8, 4) is 17.0 Å². The summed E-state index contributed by atoms with van der Waals surface area (Å²) in [6.45, 7) is 4.04. The molecule has 0 saturated carbocycles. The molecular weight excluding hydrogens is 357 g/mol. The van der Waals surface area contributed by atoms with Crippen LogP contribution in [0.1, 0.15) is 12.2 Å². The minimum absolute atomic E-state index is 0.0769. The van der Waals surface area contributed by atoms with Crippen LogP contribution in [0.5, 0.6) is 5.75 Å². The number of alkyl halides is 1. The first-order valence-electron chi connectivity index (χ1n) is 9.14. The molecule has 140 valence electrons. The highest BCUT2D eigenvalue weighted by Crippen LogP contribution is 2.37. The molecule has 2 bridgehead atoms. The van der Waals surface area contributed by atoms with E-state index in [1.54, 1.807) is 18.5 Å². The smallest absolute Gasteiger partial charge is 0.177 e. The number of nitrogens with zero attached hydrogens (tertiary/aromatic N) is 4. The summed E-state index contributed by atoms with van der Waals surface area (Å²) in [5.74, 6) is 0.0654. The third-order valence-corrected chi connectivity index (χ3v) is 5.52. The number of rotatable bonds is 3. The molecule has 2 aliphatic rings.